The first-order chi connectivity index (χ1) is 16.7. The molecule has 1 amide bonds. The molecule has 4 aromatic rings. The number of thioether (sulfide) groups is 1. The minimum Gasteiger partial charge on any atom is -0.497 e. The molecule has 0 aliphatic heterocycles. The molecular formula is C24H26N6O3S. The maximum atomic E-state index is 12.8. The Bertz CT molecular complexity index is 1240. The molecule has 0 spiro atoms. The monoisotopic (exact) mass is 478 g/mol. The first-order valence-corrected chi connectivity index (χ1v) is 12.3. The van der Waals surface area contributed by atoms with Gasteiger partial charge in [-0.05, 0) is 37.1 Å². The molecule has 1 saturated carbocycles. The van der Waals surface area contributed by atoms with Crippen LogP contribution in [0.5, 0.6) is 5.75 Å². The highest BCUT2D eigenvalue weighted by atomic mass is 32.2. The lowest BCUT2D eigenvalue weighted by molar-refractivity contribution is -0.113. The van der Waals surface area contributed by atoms with E-state index in [0.29, 0.717) is 23.6 Å². The van der Waals surface area contributed by atoms with Gasteiger partial charge in [0.25, 0.3) is 0 Å². The van der Waals surface area contributed by atoms with Crippen molar-refractivity contribution in [2.75, 3.05) is 18.2 Å². The molecular weight excluding hydrogens is 452 g/mol. The Balaban J connectivity index is 1.33. The van der Waals surface area contributed by atoms with Gasteiger partial charge in [-0.3, -0.25) is 9.36 Å². The second-order valence-electron chi connectivity index (χ2n) is 8.14. The van der Waals surface area contributed by atoms with Crippen molar-refractivity contribution in [3.05, 3.63) is 60.7 Å². The lowest BCUT2D eigenvalue weighted by atomic mass is 10.2. The van der Waals surface area contributed by atoms with Gasteiger partial charge in [0.2, 0.25) is 5.91 Å². The van der Waals surface area contributed by atoms with Crippen molar-refractivity contribution < 1.29 is 13.9 Å². The van der Waals surface area contributed by atoms with Gasteiger partial charge in [0.1, 0.15) is 17.3 Å². The summed E-state index contributed by atoms with van der Waals surface area (Å²) in [5.74, 6) is 3.02. The first kappa shape index (κ1) is 22.3. The van der Waals surface area contributed by atoms with Crippen LogP contribution in [0.1, 0.15) is 37.5 Å². The molecule has 0 atom stereocenters. The Labute approximate surface area is 201 Å². The zero-order valence-electron chi connectivity index (χ0n) is 18.9. The van der Waals surface area contributed by atoms with Crippen molar-refractivity contribution >= 4 is 23.5 Å². The highest BCUT2D eigenvalue weighted by molar-refractivity contribution is 7.99. The molecule has 3 aromatic heterocycles. The number of nitrogens with one attached hydrogen (secondary N) is 1. The van der Waals surface area contributed by atoms with Crippen molar-refractivity contribution in [3.63, 3.8) is 0 Å². The van der Waals surface area contributed by atoms with Gasteiger partial charge in [0.15, 0.2) is 11.0 Å². The Morgan fingerprint density at radius 2 is 2.09 bits per heavy atom. The standard InChI is InChI=1S/C24H26N6O3S/c1-32-19-9-4-6-17(14-19)23-27-28-24(29(23)15-20-10-5-13-33-20)34-16-22(31)26-21-11-12-25-30(21)18-7-2-3-8-18/h4-6,9-14,18H,2-3,7-8,15-16H2,1H3,(H,26,31). The van der Waals surface area contributed by atoms with Gasteiger partial charge in [-0.1, -0.05) is 36.7 Å². The van der Waals surface area contributed by atoms with Crippen LogP contribution in [0.3, 0.4) is 0 Å². The predicted molar refractivity (Wildman–Crippen MR) is 129 cm³/mol. The quantitative estimate of drug-likeness (QED) is 0.350. The summed E-state index contributed by atoms with van der Waals surface area (Å²) in [5.41, 5.74) is 0.871. The Kier molecular flexibility index (Phi) is 6.66. The molecule has 1 aromatic carbocycles. The smallest absolute Gasteiger partial charge is 0.235 e. The fourth-order valence-corrected chi connectivity index (χ4v) is 4.97. The molecule has 0 bridgehead atoms. The molecule has 5 rings (SSSR count). The summed E-state index contributed by atoms with van der Waals surface area (Å²) in [6.07, 6.45) is 7.98. The van der Waals surface area contributed by atoms with Crippen molar-refractivity contribution in [1.82, 2.24) is 24.5 Å². The lowest BCUT2D eigenvalue weighted by Crippen LogP contribution is -2.19. The number of ether oxygens (including phenoxy) is 1. The normalized spacial score (nSPS) is 13.9. The number of rotatable bonds is 9. The highest BCUT2D eigenvalue weighted by Gasteiger charge is 2.21. The minimum atomic E-state index is -0.111. The first-order valence-electron chi connectivity index (χ1n) is 11.3. The molecule has 10 heteroatoms. The van der Waals surface area contributed by atoms with Crippen LogP contribution < -0.4 is 10.1 Å². The largest absolute Gasteiger partial charge is 0.497 e. The summed E-state index contributed by atoms with van der Waals surface area (Å²) in [6, 6.07) is 13.6. The number of methoxy groups -OCH3 is 1. The summed E-state index contributed by atoms with van der Waals surface area (Å²) in [7, 11) is 1.63. The molecule has 1 aliphatic rings. The van der Waals surface area contributed by atoms with Crippen molar-refractivity contribution in [3.8, 4) is 17.1 Å². The van der Waals surface area contributed by atoms with Crippen molar-refractivity contribution in [2.45, 2.75) is 43.4 Å². The van der Waals surface area contributed by atoms with Gasteiger partial charge in [0.05, 0.1) is 37.9 Å². The third-order valence-corrected chi connectivity index (χ3v) is 6.85. The molecule has 0 saturated heterocycles. The van der Waals surface area contributed by atoms with E-state index in [0.717, 1.165) is 35.7 Å². The van der Waals surface area contributed by atoms with E-state index in [-0.39, 0.29) is 11.7 Å². The van der Waals surface area contributed by atoms with Crippen LogP contribution >= 0.6 is 11.8 Å². The van der Waals surface area contributed by atoms with Crippen LogP contribution in [-0.2, 0) is 11.3 Å². The molecule has 176 valence electrons. The highest BCUT2D eigenvalue weighted by Crippen LogP contribution is 2.31. The fraction of sp³-hybridized carbons (Fsp3) is 0.333. The van der Waals surface area contributed by atoms with Crippen LogP contribution in [0.15, 0.2) is 64.5 Å². The molecule has 34 heavy (non-hydrogen) atoms. The van der Waals surface area contributed by atoms with E-state index in [1.165, 1.54) is 24.6 Å². The number of hydrogen-bond acceptors (Lipinski definition) is 7. The number of aromatic nitrogens is 5. The number of carbonyl (C=O) groups excluding carboxylic acids is 1. The maximum Gasteiger partial charge on any atom is 0.235 e. The van der Waals surface area contributed by atoms with E-state index >= 15 is 0 Å². The summed E-state index contributed by atoms with van der Waals surface area (Å²) < 4.78 is 14.8. The number of carbonyl (C=O) groups is 1. The van der Waals surface area contributed by atoms with Gasteiger partial charge < -0.3 is 14.5 Å². The van der Waals surface area contributed by atoms with Gasteiger partial charge in [0, 0.05) is 11.6 Å². The second-order valence-corrected chi connectivity index (χ2v) is 9.08. The lowest BCUT2D eigenvalue weighted by Gasteiger charge is -2.14. The van der Waals surface area contributed by atoms with Crippen LogP contribution in [-0.4, -0.2) is 43.3 Å². The van der Waals surface area contributed by atoms with E-state index in [4.69, 9.17) is 9.15 Å². The van der Waals surface area contributed by atoms with E-state index in [9.17, 15) is 4.79 Å². The van der Waals surface area contributed by atoms with E-state index < -0.39 is 0 Å². The number of furan rings is 1. The number of amides is 1. The Morgan fingerprint density at radius 1 is 1.21 bits per heavy atom. The van der Waals surface area contributed by atoms with Gasteiger partial charge in [-0.15, -0.1) is 10.2 Å². The summed E-state index contributed by atoms with van der Waals surface area (Å²) in [5, 5.41) is 16.8. The van der Waals surface area contributed by atoms with Crippen LogP contribution in [0, 0.1) is 0 Å². The number of anilines is 1. The van der Waals surface area contributed by atoms with Gasteiger partial charge in [-0.25, -0.2) is 4.68 Å². The summed E-state index contributed by atoms with van der Waals surface area (Å²) in [4.78, 5) is 12.8. The van der Waals surface area contributed by atoms with E-state index in [1.807, 2.05) is 51.7 Å². The predicted octanol–water partition coefficient (Wildman–Crippen LogP) is 4.64. The minimum absolute atomic E-state index is 0.111. The molecule has 1 aliphatic carbocycles. The van der Waals surface area contributed by atoms with Crippen LogP contribution in [0.4, 0.5) is 5.82 Å². The van der Waals surface area contributed by atoms with E-state index in [2.05, 4.69) is 20.6 Å². The zero-order chi connectivity index (χ0) is 23.3. The molecule has 1 fully saturated rings. The molecule has 1 N–H and O–H groups in total. The SMILES string of the molecule is COc1cccc(-c2nnc(SCC(=O)Nc3ccnn3C3CCCC3)n2Cc2ccco2)c1. The number of nitrogens with zero attached hydrogens (tertiary/aromatic N) is 5. The Morgan fingerprint density at radius 3 is 2.88 bits per heavy atom. The van der Waals surface area contributed by atoms with Gasteiger partial charge in [-0.2, -0.15) is 5.10 Å². The zero-order valence-corrected chi connectivity index (χ0v) is 19.7. The topological polar surface area (TPSA) is 100 Å². The average molecular weight is 479 g/mol. The number of benzene rings is 1. The second kappa shape index (κ2) is 10.2. The van der Waals surface area contributed by atoms with Crippen molar-refractivity contribution in [2.24, 2.45) is 0 Å². The van der Waals surface area contributed by atoms with E-state index in [1.54, 1.807) is 19.6 Å². The fourth-order valence-electron chi connectivity index (χ4n) is 4.23. The van der Waals surface area contributed by atoms with Gasteiger partial charge >= 0.3 is 0 Å². The van der Waals surface area contributed by atoms with Crippen LogP contribution in [0.2, 0.25) is 0 Å². The summed E-state index contributed by atoms with van der Waals surface area (Å²) >= 11 is 1.34. The number of hydrogen-bond donors (Lipinski definition) is 1. The molecule has 0 radical (unpaired) electrons. The Hall–Kier alpha value is -3.53. The third kappa shape index (κ3) is 4.86. The van der Waals surface area contributed by atoms with Crippen molar-refractivity contribution in [1.29, 1.82) is 0 Å². The third-order valence-electron chi connectivity index (χ3n) is 5.88. The molecule has 9 nitrogen and oxygen atoms in total. The molecule has 0 unspecified atom stereocenters. The maximum absolute atomic E-state index is 12.8. The molecule has 3 heterocycles. The summed E-state index contributed by atoms with van der Waals surface area (Å²) in [6.45, 7) is 0.449. The average Bonchev–Trinajstić information content (AvgIpc) is 3.66. The van der Waals surface area contributed by atoms with Crippen LogP contribution in [0.25, 0.3) is 11.4 Å².